The number of benzene rings is 2. The van der Waals surface area contributed by atoms with Gasteiger partial charge in [-0.05, 0) is 49.9 Å². The number of hydrogen-bond donors (Lipinski definition) is 0. The molecule has 0 radical (unpaired) electrons. The molecule has 3 heteroatoms. The first-order valence-electron chi connectivity index (χ1n) is 14.7. The van der Waals surface area contributed by atoms with Gasteiger partial charge < -0.3 is 4.23 Å². The van der Waals surface area contributed by atoms with E-state index in [-0.39, 0.29) is 0 Å². The first-order valence-corrected chi connectivity index (χ1v) is 19.0. The highest BCUT2D eigenvalue weighted by atomic mass is 28.4. The van der Waals surface area contributed by atoms with Crippen LogP contribution in [0.1, 0.15) is 113 Å². The maximum Gasteiger partial charge on any atom is 0.129 e. The van der Waals surface area contributed by atoms with Gasteiger partial charge in [-0.3, -0.25) is 0 Å². The summed E-state index contributed by atoms with van der Waals surface area (Å²) in [6.45, 7) is 34.1. The molecule has 2 rings (SSSR count). The van der Waals surface area contributed by atoms with E-state index in [4.69, 9.17) is 0 Å². The summed E-state index contributed by atoms with van der Waals surface area (Å²) in [5.41, 5.74) is 8.64. The summed E-state index contributed by atoms with van der Waals surface area (Å²) in [7, 11) is -3.75. The Morgan fingerprint density at radius 2 is 0.889 bits per heavy atom. The van der Waals surface area contributed by atoms with Crippen molar-refractivity contribution in [3.05, 3.63) is 71.3 Å². The van der Waals surface area contributed by atoms with E-state index >= 15 is 0 Å². The predicted octanol–water partition coefficient (Wildman–Crippen LogP) is 11.0. The second kappa shape index (κ2) is 12.6. The van der Waals surface area contributed by atoms with Crippen LogP contribution in [-0.2, 0) is 6.54 Å². The Hall–Kier alpha value is -1.17. The van der Waals surface area contributed by atoms with E-state index in [1.165, 1.54) is 16.7 Å². The Balaban J connectivity index is 2.77. The van der Waals surface area contributed by atoms with E-state index in [2.05, 4.69) is 149 Å². The summed E-state index contributed by atoms with van der Waals surface area (Å²) in [5, 5.41) is 0. The highest BCUT2D eigenvalue weighted by Gasteiger charge is 2.59. The van der Waals surface area contributed by atoms with Crippen molar-refractivity contribution in [2.45, 2.75) is 136 Å². The molecule has 0 saturated carbocycles. The fourth-order valence-electron chi connectivity index (χ4n) is 8.56. The number of hydrogen-bond acceptors (Lipinski definition) is 1. The summed E-state index contributed by atoms with van der Waals surface area (Å²) in [5.74, 6) is 0.407. The molecule has 0 fully saturated rings. The second-order valence-corrected chi connectivity index (χ2v) is 25.2. The summed E-state index contributed by atoms with van der Waals surface area (Å²) >= 11 is 0. The van der Waals surface area contributed by atoms with Crippen molar-refractivity contribution in [2.75, 3.05) is 0 Å². The molecule has 1 nitrogen and oxygen atoms in total. The zero-order valence-corrected chi connectivity index (χ0v) is 27.9. The van der Waals surface area contributed by atoms with Crippen molar-refractivity contribution in [1.29, 1.82) is 0 Å². The molecule has 1 unspecified atom stereocenters. The van der Waals surface area contributed by atoms with E-state index in [1.54, 1.807) is 0 Å². The Kier molecular flexibility index (Phi) is 10.9. The maximum absolute atomic E-state index is 3.30. The molecule has 0 aromatic heterocycles. The molecule has 0 saturated heterocycles. The topological polar surface area (TPSA) is 3.24 Å². The molecular formula is C33H57NSi2. The van der Waals surface area contributed by atoms with Crippen LogP contribution in [0, 0.1) is 0 Å². The number of rotatable bonds is 12. The largest absolute Gasteiger partial charge is 0.340 e. The average molecular weight is 524 g/mol. The lowest BCUT2D eigenvalue weighted by Crippen LogP contribution is -2.73. The molecule has 2 aromatic carbocycles. The van der Waals surface area contributed by atoms with Crippen LogP contribution in [0.5, 0.6) is 0 Å². The molecule has 0 amide bonds. The lowest BCUT2D eigenvalue weighted by atomic mass is 9.92. The Morgan fingerprint density at radius 3 is 1.28 bits per heavy atom. The summed E-state index contributed by atoms with van der Waals surface area (Å²) in [6.07, 6.45) is 0. The number of nitrogens with zero attached hydrogens (tertiary/aromatic N) is 1. The van der Waals surface area contributed by atoms with Crippen LogP contribution in [0.4, 0.5) is 0 Å². The van der Waals surface area contributed by atoms with Crippen LogP contribution in [-0.4, -0.2) is 20.7 Å². The van der Waals surface area contributed by atoms with Crippen LogP contribution in [0.3, 0.4) is 0 Å². The van der Waals surface area contributed by atoms with Gasteiger partial charge in [0.05, 0.1) is 0 Å². The second-order valence-electron chi connectivity index (χ2n) is 13.2. The highest BCUT2D eigenvalue weighted by Crippen LogP contribution is 2.54. The molecule has 0 spiro atoms. The van der Waals surface area contributed by atoms with Gasteiger partial charge in [0, 0.05) is 12.5 Å². The molecule has 0 bridgehead atoms. The predicted molar refractivity (Wildman–Crippen MR) is 168 cm³/mol. The minimum atomic E-state index is -1.88. The van der Waals surface area contributed by atoms with Crippen LogP contribution in [0.2, 0.25) is 33.2 Å². The fraction of sp³-hybridized carbons (Fsp3) is 0.636. The molecule has 0 aliphatic carbocycles. The van der Waals surface area contributed by atoms with Crippen LogP contribution >= 0.6 is 0 Å². The molecule has 202 valence electrons. The third-order valence-corrected chi connectivity index (χ3v) is 25.2. The summed E-state index contributed by atoms with van der Waals surface area (Å²) in [6, 6.07) is 20.6. The molecule has 0 aliphatic heterocycles. The minimum Gasteiger partial charge on any atom is -0.340 e. The highest BCUT2D eigenvalue weighted by molar-refractivity contribution is 6.96. The normalized spacial score (nSPS) is 14.3. The Bertz CT molecular complexity index is 854. The first kappa shape index (κ1) is 31.1. The minimum absolute atomic E-state index is 0.407. The Morgan fingerprint density at radius 1 is 0.500 bits per heavy atom. The van der Waals surface area contributed by atoms with Crippen molar-refractivity contribution in [2.24, 2.45) is 0 Å². The van der Waals surface area contributed by atoms with Crippen LogP contribution < -0.4 is 0 Å². The van der Waals surface area contributed by atoms with Crippen molar-refractivity contribution >= 4 is 16.5 Å². The molecule has 0 heterocycles. The van der Waals surface area contributed by atoms with Gasteiger partial charge in [-0.2, -0.15) is 0 Å². The van der Waals surface area contributed by atoms with Gasteiger partial charge in [-0.25, -0.2) is 0 Å². The third kappa shape index (κ3) is 5.64. The maximum atomic E-state index is 3.30. The lowest BCUT2D eigenvalue weighted by molar-refractivity contribution is 0.493. The molecule has 0 aliphatic rings. The quantitative estimate of drug-likeness (QED) is 0.250. The standard InChI is InChI=1S/C33H57NSi2/c1-24(2)35(25(3)4,26(5)6)34(36(27(7)8,28(9)10)29(11)12)23-31-18-17-21-33(22-31)30(13)32-19-15-14-16-20-32/h14-22,24-30H,23H2,1-13H3. The van der Waals surface area contributed by atoms with E-state index in [0.717, 1.165) is 6.54 Å². The van der Waals surface area contributed by atoms with E-state index in [1.807, 2.05) is 0 Å². The molecular weight excluding hydrogens is 467 g/mol. The molecule has 0 N–H and O–H groups in total. The molecule has 2 aromatic rings. The summed E-state index contributed by atoms with van der Waals surface area (Å²) in [4.78, 5) is 0. The first-order chi connectivity index (χ1) is 16.7. The van der Waals surface area contributed by atoms with E-state index in [9.17, 15) is 0 Å². The van der Waals surface area contributed by atoms with Crippen molar-refractivity contribution in [3.63, 3.8) is 0 Å². The summed E-state index contributed by atoms with van der Waals surface area (Å²) < 4.78 is 3.30. The monoisotopic (exact) mass is 523 g/mol. The third-order valence-electron chi connectivity index (χ3n) is 9.58. The van der Waals surface area contributed by atoms with Crippen molar-refractivity contribution in [3.8, 4) is 0 Å². The van der Waals surface area contributed by atoms with Gasteiger partial charge in [0.25, 0.3) is 0 Å². The van der Waals surface area contributed by atoms with E-state index in [0.29, 0.717) is 39.2 Å². The fourth-order valence-corrected chi connectivity index (χ4v) is 28.5. The van der Waals surface area contributed by atoms with E-state index < -0.39 is 16.5 Å². The zero-order chi connectivity index (χ0) is 27.4. The van der Waals surface area contributed by atoms with Crippen LogP contribution in [0.15, 0.2) is 54.6 Å². The zero-order valence-electron chi connectivity index (χ0n) is 25.9. The molecule has 1 atom stereocenters. The van der Waals surface area contributed by atoms with Crippen molar-refractivity contribution < 1.29 is 0 Å². The lowest BCUT2D eigenvalue weighted by Gasteiger charge is -2.63. The van der Waals surface area contributed by atoms with Gasteiger partial charge in [0.15, 0.2) is 0 Å². The van der Waals surface area contributed by atoms with Gasteiger partial charge in [0.2, 0.25) is 0 Å². The average Bonchev–Trinajstić information content (AvgIpc) is 2.78. The van der Waals surface area contributed by atoms with Crippen LogP contribution in [0.25, 0.3) is 0 Å². The smallest absolute Gasteiger partial charge is 0.129 e. The van der Waals surface area contributed by atoms with Gasteiger partial charge in [-0.1, -0.05) is 145 Å². The van der Waals surface area contributed by atoms with Gasteiger partial charge in [-0.15, -0.1) is 0 Å². The SMILES string of the molecule is CC(c1ccccc1)c1cccc(CN([Si](C(C)C)(C(C)C)C(C)C)[Si](C(C)C)(C(C)C)C(C)C)c1. The van der Waals surface area contributed by atoms with Gasteiger partial charge >= 0.3 is 0 Å². The molecule has 36 heavy (non-hydrogen) atoms. The Labute approximate surface area is 227 Å². The van der Waals surface area contributed by atoms with Gasteiger partial charge in [0.1, 0.15) is 16.5 Å². The van der Waals surface area contributed by atoms with Crippen molar-refractivity contribution in [1.82, 2.24) is 4.23 Å².